The summed E-state index contributed by atoms with van der Waals surface area (Å²) in [5.74, 6) is -0.103. The first-order valence-corrected chi connectivity index (χ1v) is 6.50. The lowest BCUT2D eigenvalue weighted by atomic mass is 10.2. The van der Waals surface area contributed by atoms with Crippen LogP contribution in [0.2, 0.25) is 0 Å². The average molecular weight is 301 g/mol. The first-order chi connectivity index (χ1) is 8.24. The van der Waals surface area contributed by atoms with E-state index in [0.29, 0.717) is 18.7 Å². The number of rotatable bonds is 7. The van der Waals surface area contributed by atoms with Gasteiger partial charge in [0.15, 0.2) is 0 Å². The summed E-state index contributed by atoms with van der Waals surface area (Å²) in [6.45, 7) is 4.16. The van der Waals surface area contributed by atoms with Crippen molar-refractivity contribution < 1.29 is 9.53 Å². The molecule has 0 aliphatic carbocycles. The van der Waals surface area contributed by atoms with Crippen molar-refractivity contribution >= 4 is 21.8 Å². The third-order valence-electron chi connectivity index (χ3n) is 2.07. The molecule has 1 rings (SSSR count). The molecule has 4 nitrogen and oxygen atoms in total. The summed E-state index contributed by atoms with van der Waals surface area (Å²) < 4.78 is 6.12. The number of nitrogens with one attached hydrogen (secondary N) is 1. The summed E-state index contributed by atoms with van der Waals surface area (Å²) >= 11 is 3.28. The number of pyridine rings is 1. The van der Waals surface area contributed by atoms with E-state index in [9.17, 15) is 4.79 Å². The molecule has 1 aromatic heterocycles. The molecule has 0 spiro atoms. The number of hydrogen-bond acceptors (Lipinski definition) is 3. The van der Waals surface area contributed by atoms with Crippen LogP contribution in [0.3, 0.4) is 0 Å². The van der Waals surface area contributed by atoms with Gasteiger partial charge in [-0.25, -0.2) is 0 Å². The zero-order valence-electron chi connectivity index (χ0n) is 9.91. The highest BCUT2D eigenvalue weighted by Gasteiger charge is 2.05. The van der Waals surface area contributed by atoms with Crippen molar-refractivity contribution in [2.75, 3.05) is 19.8 Å². The highest BCUT2D eigenvalue weighted by Crippen LogP contribution is 2.09. The summed E-state index contributed by atoms with van der Waals surface area (Å²) in [4.78, 5) is 15.6. The fourth-order valence-electron chi connectivity index (χ4n) is 1.26. The van der Waals surface area contributed by atoms with Crippen molar-refractivity contribution in [3.05, 3.63) is 28.5 Å². The van der Waals surface area contributed by atoms with E-state index in [-0.39, 0.29) is 5.91 Å². The molecule has 5 heteroatoms. The van der Waals surface area contributed by atoms with E-state index in [4.69, 9.17) is 4.74 Å². The van der Waals surface area contributed by atoms with Crippen molar-refractivity contribution in [2.45, 2.75) is 19.8 Å². The highest BCUT2D eigenvalue weighted by molar-refractivity contribution is 9.10. The van der Waals surface area contributed by atoms with Gasteiger partial charge < -0.3 is 10.1 Å². The summed E-state index contributed by atoms with van der Waals surface area (Å²) in [5.41, 5.74) is 0.564. The van der Waals surface area contributed by atoms with Gasteiger partial charge in [0.1, 0.15) is 0 Å². The summed E-state index contributed by atoms with van der Waals surface area (Å²) in [5, 5.41) is 2.82. The number of carbonyl (C=O) groups excluding carboxylic acids is 1. The van der Waals surface area contributed by atoms with Gasteiger partial charge in [-0.3, -0.25) is 9.78 Å². The quantitative estimate of drug-likeness (QED) is 0.787. The molecule has 0 bridgehead atoms. The molecule has 0 fully saturated rings. The zero-order valence-corrected chi connectivity index (χ0v) is 11.5. The molecule has 1 heterocycles. The molecule has 0 atom stereocenters. The van der Waals surface area contributed by atoms with Crippen molar-refractivity contribution in [3.63, 3.8) is 0 Å². The standard InChI is InChI=1S/C12H17BrN2O2/c1-2-5-17-6-3-4-15-12(16)10-7-11(13)9-14-8-10/h7-9H,2-6H2,1H3,(H,15,16). The van der Waals surface area contributed by atoms with Crippen LogP contribution < -0.4 is 5.32 Å². The smallest absolute Gasteiger partial charge is 0.252 e. The normalized spacial score (nSPS) is 10.2. The van der Waals surface area contributed by atoms with E-state index in [1.165, 1.54) is 0 Å². The van der Waals surface area contributed by atoms with Gasteiger partial charge in [0.2, 0.25) is 0 Å². The Hall–Kier alpha value is -0.940. The number of carbonyl (C=O) groups is 1. The lowest BCUT2D eigenvalue weighted by Gasteiger charge is -2.05. The largest absolute Gasteiger partial charge is 0.381 e. The Labute approximate surface area is 110 Å². The number of ether oxygens (including phenoxy) is 1. The summed E-state index contributed by atoms with van der Waals surface area (Å²) in [6.07, 6.45) is 5.05. The number of hydrogen-bond donors (Lipinski definition) is 1. The molecule has 17 heavy (non-hydrogen) atoms. The van der Waals surface area contributed by atoms with E-state index in [1.807, 2.05) is 0 Å². The van der Waals surface area contributed by atoms with Gasteiger partial charge in [-0.1, -0.05) is 6.92 Å². The molecule has 1 N–H and O–H groups in total. The van der Waals surface area contributed by atoms with Crippen LogP contribution in [0, 0.1) is 0 Å². The van der Waals surface area contributed by atoms with Crippen LogP contribution in [0.15, 0.2) is 22.9 Å². The Balaban J connectivity index is 2.21. The molecule has 0 unspecified atom stereocenters. The predicted molar refractivity (Wildman–Crippen MR) is 70.0 cm³/mol. The minimum atomic E-state index is -0.103. The van der Waals surface area contributed by atoms with Crippen molar-refractivity contribution in [1.82, 2.24) is 10.3 Å². The topological polar surface area (TPSA) is 51.2 Å². The lowest BCUT2D eigenvalue weighted by Crippen LogP contribution is -2.25. The number of amides is 1. The molecule has 0 aliphatic rings. The van der Waals surface area contributed by atoms with E-state index in [1.54, 1.807) is 18.5 Å². The third kappa shape index (κ3) is 5.79. The second-order valence-corrected chi connectivity index (χ2v) is 4.53. The Kier molecular flexibility index (Phi) is 6.81. The molecule has 0 aliphatic heterocycles. The van der Waals surface area contributed by atoms with Gasteiger partial charge in [-0.15, -0.1) is 0 Å². The molecular formula is C12H17BrN2O2. The van der Waals surface area contributed by atoms with Crippen LogP contribution >= 0.6 is 15.9 Å². The predicted octanol–water partition coefficient (Wildman–Crippen LogP) is 2.39. The Morgan fingerprint density at radius 3 is 3.00 bits per heavy atom. The van der Waals surface area contributed by atoms with Gasteiger partial charge >= 0.3 is 0 Å². The Morgan fingerprint density at radius 1 is 1.47 bits per heavy atom. The fourth-order valence-corrected chi connectivity index (χ4v) is 1.63. The SMILES string of the molecule is CCCOCCCNC(=O)c1cncc(Br)c1. The maximum Gasteiger partial charge on any atom is 0.252 e. The summed E-state index contributed by atoms with van der Waals surface area (Å²) in [7, 11) is 0. The lowest BCUT2D eigenvalue weighted by molar-refractivity contribution is 0.0941. The second kappa shape index (κ2) is 8.20. The van der Waals surface area contributed by atoms with Crippen LogP contribution in [0.1, 0.15) is 30.1 Å². The van der Waals surface area contributed by atoms with E-state index < -0.39 is 0 Å². The Morgan fingerprint density at radius 2 is 2.29 bits per heavy atom. The molecular weight excluding hydrogens is 284 g/mol. The van der Waals surface area contributed by atoms with E-state index in [0.717, 1.165) is 23.9 Å². The Bertz CT molecular complexity index is 358. The minimum absolute atomic E-state index is 0.103. The van der Waals surface area contributed by atoms with Crippen LogP contribution in [0.4, 0.5) is 0 Å². The van der Waals surface area contributed by atoms with Crippen molar-refractivity contribution in [1.29, 1.82) is 0 Å². The highest BCUT2D eigenvalue weighted by atomic mass is 79.9. The average Bonchev–Trinajstić information content (AvgIpc) is 2.33. The minimum Gasteiger partial charge on any atom is -0.381 e. The molecule has 1 amide bonds. The van der Waals surface area contributed by atoms with Crippen molar-refractivity contribution in [3.8, 4) is 0 Å². The van der Waals surface area contributed by atoms with Crippen molar-refractivity contribution in [2.24, 2.45) is 0 Å². The monoisotopic (exact) mass is 300 g/mol. The van der Waals surface area contributed by atoms with Gasteiger partial charge in [-0.2, -0.15) is 0 Å². The molecule has 0 aromatic carbocycles. The van der Waals surface area contributed by atoms with Gasteiger partial charge in [-0.05, 0) is 34.8 Å². The molecule has 0 saturated heterocycles. The molecule has 0 saturated carbocycles. The first-order valence-electron chi connectivity index (χ1n) is 5.70. The molecule has 0 radical (unpaired) electrons. The number of aromatic nitrogens is 1. The van der Waals surface area contributed by atoms with Gasteiger partial charge in [0.25, 0.3) is 5.91 Å². The number of nitrogens with zero attached hydrogens (tertiary/aromatic N) is 1. The first kappa shape index (κ1) is 14.1. The van der Waals surface area contributed by atoms with Gasteiger partial charge in [0, 0.05) is 36.6 Å². The maximum absolute atomic E-state index is 11.7. The summed E-state index contributed by atoms with van der Waals surface area (Å²) in [6, 6.07) is 1.75. The van der Waals surface area contributed by atoms with Crippen LogP contribution in [0.25, 0.3) is 0 Å². The van der Waals surface area contributed by atoms with Crippen LogP contribution in [-0.2, 0) is 4.74 Å². The zero-order chi connectivity index (χ0) is 12.5. The fraction of sp³-hybridized carbons (Fsp3) is 0.500. The van der Waals surface area contributed by atoms with Crippen LogP contribution in [0.5, 0.6) is 0 Å². The van der Waals surface area contributed by atoms with Gasteiger partial charge in [0.05, 0.1) is 5.56 Å². The van der Waals surface area contributed by atoms with Crippen LogP contribution in [-0.4, -0.2) is 30.6 Å². The molecule has 94 valence electrons. The van der Waals surface area contributed by atoms with E-state index in [2.05, 4.69) is 33.2 Å². The third-order valence-corrected chi connectivity index (χ3v) is 2.50. The number of halogens is 1. The molecule has 1 aromatic rings. The maximum atomic E-state index is 11.7. The second-order valence-electron chi connectivity index (χ2n) is 3.61. The van der Waals surface area contributed by atoms with E-state index >= 15 is 0 Å².